The Morgan fingerprint density at radius 3 is 2.32 bits per heavy atom. The van der Waals surface area contributed by atoms with E-state index in [1.165, 1.54) is 5.56 Å². The van der Waals surface area contributed by atoms with Crippen molar-refractivity contribution in [1.29, 1.82) is 0 Å². The quantitative estimate of drug-likeness (QED) is 0.365. The highest BCUT2D eigenvalue weighted by molar-refractivity contribution is 7.80. The molecule has 0 amide bonds. The van der Waals surface area contributed by atoms with E-state index < -0.39 is 0 Å². The molecule has 3 aromatic carbocycles. The Labute approximate surface area is 203 Å². The number of nitrogens with one attached hydrogen (secondary N) is 1. The number of hydrogen-bond donors (Lipinski definition) is 1. The van der Waals surface area contributed by atoms with Gasteiger partial charge in [-0.15, -0.1) is 0 Å². The third-order valence-electron chi connectivity index (χ3n) is 5.91. The maximum atomic E-state index is 5.82. The van der Waals surface area contributed by atoms with E-state index in [9.17, 15) is 0 Å². The van der Waals surface area contributed by atoms with Gasteiger partial charge in [0.05, 0.1) is 18.7 Å². The van der Waals surface area contributed by atoms with Gasteiger partial charge in [-0.05, 0) is 68.0 Å². The molecule has 1 aliphatic heterocycles. The maximum absolute atomic E-state index is 5.82. The fourth-order valence-electron chi connectivity index (χ4n) is 4.11. The monoisotopic (exact) mass is 468 g/mol. The van der Waals surface area contributed by atoms with Crippen LogP contribution in [0.1, 0.15) is 30.0 Å². The van der Waals surface area contributed by atoms with Crippen molar-refractivity contribution in [2.45, 2.75) is 19.9 Å². The second-order valence-corrected chi connectivity index (χ2v) is 8.50. The van der Waals surface area contributed by atoms with Crippen LogP contribution in [0, 0.1) is 6.92 Å². The van der Waals surface area contributed by atoms with Crippen LogP contribution in [-0.4, -0.2) is 22.4 Å². The average molecular weight is 469 g/mol. The highest BCUT2D eigenvalue weighted by Crippen LogP contribution is 2.39. The first-order valence-corrected chi connectivity index (χ1v) is 11.4. The second kappa shape index (κ2) is 9.11. The lowest BCUT2D eigenvalue weighted by molar-refractivity contribution is 0.404. The van der Waals surface area contributed by atoms with Crippen LogP contribution in [0.5, 0.6) is 5.75 Å². The predicted octanol–water partition coefficient (Wildman–Crippen LogP) is 5.92. The zero-order valence-electron chi connectivity index (χ0n) is 19.1. The van der Waals surface area contributed by atoms with Crippen LogP contribution < -0.4 is 15.0 Å². The molecule has 170 valence electrons. The van der Waals surface area contributed by atoms with Gasteiger partial charge in [0.15, 0.2) is 5.11 Å². The Morgan fingerprint density at radius 1 is 0.941 bits per heavy atom. The summed E-state index contributed by atoms with van der Waals surface area (Å²) in [7, 11) is 1.64. The second-order valence-electron chi connectivity index (χ2n) is 8.11. The van der Waals surface area contributed by atoms with Crippen molar-refractivity contribution in [3.05, 3.63) is 102 Å². The minimum Gasteiger partial charge on any atom is -0.497 e. The minimum atomic E-state index is -0.223. The smallest absolute Gasteiger partial charge is 0.258 e. The summed E-state index contributed by atoms with van der Waals surface area (Å²) in [6, 6.07) is 25.8. The molecule has 6 nitrogen and oxygen atoms in total. The molecule has 1 unspecified atom stereocenters. The van der Waals surface area contributed by atoms with E-state index in [1.54, 1.807) is 7.11 Å². The summed E-state index contributed by atoms with van der Waals surface area (Å²) in [5, 5.41) is 8.38. The number of hydrogen-bond acceptors (Lipinski definition) is 5. The molecule has 5 rings (SSSR count). The summed E-state index contributed by atoms with van der Waals surface area (Å²) >= 11 is 5.81. The predicted molar refractivity (Wildman–Crippen MR) is 137 cm³/mol. The minimum absolute atomic E-state index is 0.223. The topological polar surface area (TPSA) is 63.4 Å². The van der Waals surface area contributed by atoms with Crippen LogP contribution in [0.15, 0.2) is 89.1 Å². The van der Waals surface area contributed by atoms with Gasteiger partial charge in [0.1, 0.15) is 5.75 Å². The molecule has 0 bridgehead atoms. The van der Waals surface area contributed by atoms with Gasteiger partial charge in [0.2, 0.25) is 5.82 Å². The van der Waals surface area contributed by atoms with E-state index in [4.69, 9.17) is 26.5 Å². The lowest BCUT2D eigenvalue weighted by Crippen LogP contribution is -2.46. The van der Waals surface area contributed by atoms with Crippen molar-refractivity contribution < 1.29 is 9.26 Å². The zero-order valence-corrected chi connectivity index (χ0v) is 20.0. The van der Waals surface area contributed by atoms with Crippen molar-refractivity contribution >= 4 is 28.6 Å². The highest BCUT2D eigenvalue weighted by Gasteiger charge is 2.34. The van der Waals surface area contributed by atoms with Crippen molar-refractivity contribution in [1.82, 2.24) is 15.5 Å². The van der Waals surface area contributed by atoms with Gasteiger partial charge in [-0.1, -0.05) is 53.2 Å². The number of methoxy groups -OCH3 is 1. The normalized spacial score (nSPS) is 15.9. The molecule has 0 saturated carbocycles. The summed E-state index contributed by atoms with van der Waals surface area (Å²) in [5.41, 5.74) is 5.88. The van der Waals surface area contributed by atoms with E-state index in [2.05, 4.69) is 53.8 Å². The number of benzene rings is 3. The van der Waals surface area contributed by atoms with Gasteiger partial charge in [-0.25, -0.2) is 0 Å². The van der Waals surface area contributed by atoms with E-state index in [0.717, 1.165) is 33.8 Å². The number of anilines is 1. The fourth-order valence-corrected chi connectivity index (χ4v) is 4.47. The maximum Gasteiger partial charge on any atom is 0.258 e. The number of nitrogens with zero attached hydrogens (tertiary/aromatic N) is 3. The number of rotatable bonds is 5. The van der Waals surface area contributed by atoms with Crippen molar-refractivity contribution in [3.63, 3.8) is 0 Å². The van der Waals surface area contributed by atoms with Crippen LogP contribution >= 0.6 is 12.2 Å². The zero-order chi connectivity index (χ0) is 23.7. The Morgan fingerprint density at radius 2 is 1.65 bits per heavy atom. The molecular formula is C27H24N4O2S. The van der Waals surface area contributed by atoms with Gasteiger partial charge >= 0.3 is 0 Å². The molecule has 34 heavy (non-hydrogen) atoms. The van der Waals surface area contributed by atoms with Gasteiger partial charge in [0.25, 0.3) is 5.89 Å². The third-order valence-corrected chi connectivity index (χ3v) is 6.21. The molecule has 0 saturated heterocycles. The molecule has 7 heteroatoms. The molecule has 0 radical (unpaired) electrons. The molecule has 1 aromatic heterocycles. The first kappa shape index (κ1) is 21.9. The number of aromatic nitrogens is 2. The van der Waals surface area contributed by atoms with Crippen LogP contribution in [0.25, 0.3) is 17.0 Å². The third kappa shape index (κ3) is 4.06. The van der Waals surface area contributed by atoms with E-state index in [-0.39, 0.29) is 6.04 Å². The van der Waals surface area contributed by atoms with Crippen LogP contribution in [0.4, 0.5) is 5.69 Å². The van der Waals surface area contributed by atoms with Gasteiger partial charge in [-0.2, -0.15) is 4.98 Å². The van der Waals surface area contributed by atoms with E-state index in [0.29, 0.717) is 16.8 Å². The van der Waals surface area contributed by atoms with Crippen molar-refractivity contribution in [2.75, 3.05) is 12.0 Å². The molecular weight excluding hydrogens is 444 g/mol. The first-order valence-electron chi connectivity index (χ1n) is 11.0. The molecule has 0 fully saturated rings. The number of ether oxygens (including phenoxy) is 1. The molecule has 1 aliphatic rings. The Bertz CT molecular complexity index is 1350. The first-order chi connectivity index (χ1) is 16.5. The van der Waals surface area contributed by atoms with Crippen LogP contribution in [0.3, 0.4) is 0 Å². The van der Waals surface area contributed by atoms with Gasteiger partial charge in [-0.3, -0.25) is 4.90 Å². The molecule has 4 aromatic rings. The summed E-state index contributed by atoms with van der Waals surface area (Å²) in [6.45, 7) is 4.10. The lowest BCUT2D eigenvalue weighted by Gasteiger charge is -2.37. The molecule has 1 N–H and O–H groups in total. The van der Waals surface area contributed by atoms with Crippen molar-refractivity contribution in [3.8, 4) is 17.1 Å². The number of allylic oxidation sites excluding steroid dienone is 1. The van der Waals surface area contributed by atoms with Crippen molar-refractivity contribution in [2.24, 2.45) is 0 Å². The molecule has 2 heterocycles. The summed E-state index contributed by atoms with van der Waals surface area (Å²) < 4.78 is 11.1. The summed E-state index contributed by atoms with van der Waals surface area (Å²) in [4.78, 5) is 6.78. The van der Waals surface area contributed by atoms with E-state index in [1.807, 2.05) is 54.3 Å². The van der Waals surface area contributed by atoms with Gasteiger partial charge < -0.3 is 14.6 Å². The fraction of sp³-hybridized carbons (Fsp3) is 0.148. The number of thiocarbonyl (C=S) groups is 1. The summed E-state index contributed by atoms with van der Waals surface area (Å²) in [5.74, 6) is 1.73. The largest absolute Gasteiger partial charge is 0.497 e. The SMILES string of the molecule is COc1ccc(-c2noc(C3=C(C)N(c4ccc(C)cc4)C(=S)NC3c3ccccc3)n2)cc1. The molecule has 0 aliphatic carbocycles. The highest BCUT2D eigenvalue weighted by atomic mass is 32.1. The Balaban J connectivity index is 1.62. The van der Waals surface area contributed by atoms with E-state index >= 15 is 0 Å². The molecule has 0 spiro atoms. The van der Waals surface area contributed by atoms with Gasteiger partial charge in [0, 0.05) is 16.9 Å². The summed E-state index contributed by atoms with van der Waals surface area (Å²) in [6.07, 6.45) is 0. The number of aryl methyl sites for hydroxylation is 1. The standard InChI is InChI=1S/C27H24N4O2S/c1-17-9-13-21(14-10-17)31-18(2)23(24(28-27(31)34)19-7-5-4-6-8-19)26-29-25(30-33-26)20-11-15-22(32-3)16-12-20/h4-16,24H,1-3H3,(H,28,34). The average Bonchev–Trinajstić information content (AvgIpc) is 3.35. The molecule has 1 atom stereocenters. The lowest BCUT2D eigenvalue weighted by atomic mass is 9.94. The van der Waals surface area contributed by atoms with Crippen LogP contribution in [0.2, 0.25) is 0 Å². The Kier molecular flexibility index (Phi) is 5.86. The Hall–Kier alpha value is -3.97. The van der Waals surface area contributed by atoms with Crippen LogP contribution in [-0.2, 0) is 0 Å².